The molecule has 0 saturated heterocycles. The van der Waals surface area contributed by atoms with Gasteiger partial charge in [-0.25, -0.2) is 9.59 Å². The molecular weight excluding hydrogens is 246 g/mol. The minimum absolute atomic E-state index is 0.0785. The summed E-state index contributed by atoms with van der Waals surface area (Å²) in [6.07, 6.45) is 1.42. The Balaban J connectivity index is 2.15. The second-order valence-corrected chi connectivity index (χ2v) is 3.10. The number of nitrogens with zero attached hydrogens (tertiary/aromatic N) is 1. The first-order valence-electron chi connectivity index (χ1n) is 4.84. The van der Waals surface area contributed by atoms with E-state index in [4.69, 9.17) is 9.63 Å². The summed E-state index contributed by atoms with van der Waals surface area (Å²) in [6.45, 7) is -1.04. The molecule has 0 bridgehead atoms. The number of hydrogen-bond acceptors (Lipinski definition) is 6. The normalized spacial score (nSPS) is 9.78. The number of ether oxygens (including phenoxy) is 1. The summed E-state index contributed by atoms with van der Waals surface area (Å²) in [5.41, 5.74) is 0. The van der Waals surface area contributed by atoms with Gasteiger partial charge in [-0.3, -0.25) is 10.1 Å². The third-order valence-corrected chi connectivity index (χ3v) is 1.63. The summed E-state index contributed by atoms with van der Waals surface area (Å²) in [7, 11) is 0. The standard InChI is InChI=1S/C9H11N3O6/c13-7(4-17-5-8(14)15)12-9(16)10-3-6-1-2-11-18-6/h1-2H,3-5H2,(H,14,15)(H2,10,12,13,16). The number of hydrogen-bond donors (Lipinski definition) is 3. The number of carbonyl (C=O) groups excluding carboxylic acids is 2. The molecule has 0 atom stereocenters. The fraction of sp³-hybridized carbons (Fsp3) is 0.333. The molecule has 9 heteroatoms. The molecule has 9 nitrogen and oxygen atoms in total. The number of imide groups is 1. The highest BCUT2D eigenvalue weighted by Gasteiger charge is 2.09. The van der Waals surface area contributed by atoms with Crippen LogP contribution in [0.4, 0.5) is 4.79 Å². The second kappa shape index (κ2) is 7.01. The van der Waals surface area contributed by atoms with Crippen molar-refractivity contribution in [3.8, 4) is 0 Å². The van der Waals surface area contributed by atoms with Crippen molar-refractivity contribution >= 4 is 17.9 Å². The van der Waals surface area contributed by atoms with Crippen molar-refractivity contribution < 1.29 is 28.8 Å². The van der Waals surface area contributed by atoms with Crippen molar-refractivity contribution in [2.24, 2.45) is 0 Å². The third-order valence-electron chi connectivity index (χ3n) is 1.63. The first kappa shape index (κ1) is 13.6. The Bertz CT molecular complexity index is 416. The maximum Gasteiger partial charge on any atom is 0.329 e. The van der Waals surface area contributed by atoms with Gasteiger partial charge >= 0.3 is 12.0 Å². The number of carboxylic acids is 1. The summed E-state index contributed by atoms with van der Waals surface area (Å²) in [5, 5.41) is 16.0. The fourth-order valence-electron chi connectivity index (χ4n) is 0.939. The number of aromatic nitrogens is 1. The van der Waals surface area contributed by atoms with Crippen LogP contribution in [0.5, 0.6) is 0 Å². The van der Waals surface area contributed by atoms with Gasteiger partial charge in [0.2, 0.25) is 0 Å². The first-order chi connectivity index (χ1) is 8.58. The highest BCUT2D eigenvalue weighted by Crippen LogP contribution is 1.94. The number of carboxylic acid groups (broad SMARTS) is 1. The molecule has 1 rings (SSSR count). The highest BCUT2D eigenvalue weighted by molar-refractivity contribution is 5.94. The number of carbonyl (C=O) groups is 3. The van der Waals surface area contributed by atoms with Crippen molar-refractivity contribution in [2.45, 2.75) is 6.54 Å². The van der Waals surface area contributed by atoms with Gasteiger partial charge in [-0.2, -0.15) is 0 Å². The maximum atomic E-state index is 11.2. The number of amides is 3. The highest BCUT2D eigenvalue weighted by atomic mass is 16.5. The fourth-order valence-corrected chi connectivity index (χ4v) is 0.939. The number of nitrogens with one attached hydrogen (secondary N) is 2. The van der Waals surface area contributed by atoms with Crippen LogP contribution in [0.15, 0.2) is 16.8 Å². The van der Waals surface area contributed by atoms with E-state index >= 15 is 0 Å². The number of rotatable bonds is 6. The van der Waals surface area contributed by atoms with E-state index in [0.717, 1.165) is 0 Å². The lowest BCUT2D eigenvalue weighted by Crippen LogP contribution is -2.41. The third kappa shape index (κ3) is 5.61. The maximum absolute atomic E-state index is 11.2. The molecule has 0 fully saturated rings. The van der Waals surface area contributed by atoms with Crippen LogP contribution < -0.4 is 10.6 Å². The summed E-state index contributed by atoms with van der Waals surface area (Å²) in [6, 6.07) is 0.813. The lowest BCUT2D eigenvalue weighted by atomic mass is 10.4. The molecule has 0 aliphatic heterocycles. The van der Waals surface area contributed by atoms with Crippen molar-refractivity contribution in [2.75, 3.05) is 13.2 Å². The predicted molar refractivity (Wildman–Crippen MR) is 55.3 cm³/mol. The van der Waals surface area contributed by atoms with E-state index < -0.39 is 31.1 Å². The van der Waals surface area contributed by atoms with Gasteiger partial charge in [-0.1, -0.05) is 5.16 Å². The molecule has 3 N–H and O–H groups in total. The number of urea groups is 1. The molecule has 0 saturated carbocycles. The van der Waals surface area contributed by atoms with Crippen LogP contribution in [0.1, 0.15) is 5.76 Å². The molecule has 0 spiro atoms. The van der Waals surface area contributed by atoms with Crippen LogP contribution in [0.25, 0.3) is 0 Å². The van der Waals surface area contributed by atoms with Gasteiger partial charge in [0.05, 0.1) is 12.7 Å². The van der Waals surface area contributed by atoms with E-state index in [1.54, 1.807) is 6.07 Å². The summed E-state index contributed by atoms with van der Waals surface area (Å²) >= 11 is 0. The molecule has 0 unspecified atom stereocenters. The monoisotopic (exact) mass is 257 g/mol. The van der Waals surface area contributed by atoms with E-state index in [-0.39, 0.29) is 6.54 Å². The molecule has 18 heavy (non-hydrogen) atoms. The Hall–Kier alpha value is -2.42. The average Bonchev–Trinajstić information content (AvgIpc) is 2.78. The van der Waals surface area contributed by atoms with Crippen molar-refractivity contribution in [1.82, 2.24) is 15.8 Å². The average molecular weight is 257 g/mol. The summed E-state index contributed by atoms with van der Waals surface area (Å²) in [4.78, 5) is 32.3. The topological polar surface area (TPSA) is 131 Å². The van der Waals surface area contributed by atoms with Crippen LogP contribution in [-0.4, -0.2) is 41.4 Å². The molecular formula is C9H11N3O6. The van der Waals surface area contributed by atoms with Crippen LogP contribution in [-0.2, 0) is 20.9 Å². The molecule has 1 heterocycles. The summed E-state index contributed by atoms with van der Waals surface area (Å²) in [5.74, 6) is -1.51. The molecule has 0 radical (unpaired) electrons. The molecule has 3 amide bonds. The molecule has 1 aromatic rings. The van der Waals surface area contributed by atoms with Gasteiger partial charge in [0.15, 0.2) is 5.76 Å². The largest absolute Gasteiger partial charge is 0.480 e. The SMILES string of the molecule is O=C(O)COCC(=O)NC(=O)NCc1ccno1. The Morgan fingerprint density at radius 2 is 2.17 bits per heavy atom. The van der Waals surface area contributed by atoms with Gasteiger partial charge < -0.3 is 19.7 Å². The zero-order valence-corrected chi connectivity index (χ0v) is 9.21. The van der Waals surface area contributed by atoms with Gasteiger partial charge in [-0.15, -0.1) is 0 Å². The van der Waals surface area contributed by atoms with E-state index in [0.29, 0.717) is 5.76 Å². The second-order valence-electron chi connectivity index (χ2n) is 3.10. The van der Waals surface area contributed by atoms with Crippen molar-refractivity contribution in [3.63, 3.8) is 0 Å². The van der Waals surface area contributed by atoms with Gasteiger partial charge in [-0.05, 0) is 0 Å². The Labute approximate surface area is 101 Å². The first-order valence-corrected chi connectivity index (χ1v) is 4.84. The van der Waals surface area contributed by atoms with Gasteiger partial charge in [0.1, 0.15) is 13.2 Å². The van der Waals surface area contributed by atoms with Crippen LogP contribution in [0.3, 0.4) is 0 Å². The minimum Gasteiger partial charge on any atom is -0.480 e. The molecule has 98 valence electrons. The van der Waals surface area contributed by atoms with E-state index in [1.165, 1.54) is 6.20 Å². The Morgan fingerprint density at radius 1 is 1.39 bits per heavy atom. The predicted octanol–water partition coefficient (Wildman–Crippen LogP) is -0.898. The smallest absolute Gasteiger partial charge is 0.329 e. The molecule has 0 aliphatic rings. The zero-order chi connectivity index (χ0) is 13.4. The van der Waals surface area contributed by atoms with Crippen LogP contribution >= 0.6 is 0 Å². The lowest BCUT2D eigenvalue weighted by Gasteiger charge is -2.04. The summed E-state index contributed by atoms with van der Waals surface area (Å²) < 4.78 is 9.20. The Morgan fingerprint density at radius 3 is 2.78 bits per heavy atom. The molecule has 0 aliphatic carbocycles. The molecule has 1 aromatic heterocycles. The van der Waals surface area contributed by atoms with Crippen molar-refractivity contribution in [1.29, 1.82) is 0 Å². The van der Waals surface area contributed by atoms with E-state index in [1.807, 2.05) is 5.32 Å². The van der Waals surface area contributed by atoms with Gasteiger partial charge in [0, 0.05) is 6.07 Å². The van der Waals surface area contributed by atoms with E-state index in [9.17, 15) is 14.4 Å². The number of aliphatic carboxylic acids is 1. The quantitative estimate of drug-likeness (QED) is 0.601. The molecule has 0 aromatic carbocycles. The Kier molecular flexibility index (Phi) is 5.32. The lowest BCUT2D eigenvalue weighted by molar-refractivity contribution is -0.143. The zero-order valence-electron chi connectivity index (χ0n) is 9.21. The van der Waals surface area contributed by atoms with Crippen molar-refractivity contribution in [3.05, 3.63) is 18.0 Å². The van der Waals surface area contributed by atoms with Gasteiger partial charge in [0.25, 0.3) is 5.91 Å². The minimum atomic E-state index is -1.20. The van der Waals surface area contributed by atoms with Crippen LogP contribution in [0, 0.1) is 0 Å². The van der Waals surface area contributed by atoms with E-state index in [2.05, 4.69) is 15.2 Å². The van der Waals surface area contributed by atoms with Crippen LogP contribution in [0.2, 0.25) is 0 Å².